The van der Waals surface area contributed by atoms with Crippen LogP contribution in [0.3, 0.4) is 0 Å². The molecule has 0 bridgehead atoms. The summed E-state index contributed by atoms with van der Waals surface area (Å²) >= 11 is 1.45. The van der Waals surface area contributed by atoms with Gasteiger partial charge in [-0.25, -0.2) is 17.5 Å². The molecular weight excluding hydrogens is 327 g/mol. The highest BCUT2D eigenvalue weighted by Crippen LogP contribution is 2.17. The van der Waals surface area contributed by atoms with E-state index in [-0.39, 0.29) is 11.4 Å². The summed E-state index contributed by atoms with van der Waals surface area (Å²) in [5.74, 6) is -0.454. The molecule has 116 valence electrons. The van der Waals surface area contributed by atoms with Crippen molar-refractivity contribution in [3.05, 3.63) is 47.0 Å². The molecule has 0 aliphatic rings. The van der Waals surface area contributed by atoms with Gasteiger partial charge in [0.25, 0.3) is 0 Å². The van der Waals surface area contributed by atoms with Crippen LogP contribution in [-0.2, 0) is 16.4 Å². The molecule has 0 aliphatic heterocycles. The van der Waals surface area contributed by atoms with Gasteiger partial charge in [0.15, 0.2) is 0 Å². The van der Waals surface area contributed by atoms with Crippen LogP contribution >= 0.6 is 11.3 Å². The molecule has 0 unspecified atom stereocenters. The van der Waals surface area contributed by atoms with Crippen LogP contribution in [0.25, 0.3) is 4.96 Å². The fourth-order valence-corrected chi connectivity index (χ4v) is 4.27. The normalized spacial score (nSPS) is 12.1. The highest BCUT2D eigenvalue weighted by Gasteiger charge is 2.17. The Balaban J connectivity index is 1.71. The lowest BCUT2D eigenvalue weighted by Crippen LogP contribution is -2.26. The molecule has 1 N–H and O–H groups in total. The first kappa shape index (κ1) is 15.1. The quantitative estimate of drug-likeness (QED) is 0.768. The molecule has 0 saturated carbocycles. The van der Waals surface area contributed by atoms with Gasteiger partial charge in [-0.15, -0.1) is 21.5 Å². The molecule has 3 rings (SSSR count). The molecule has 0 saturated heterocycles. The summed E-state index contributed by atoms with van der Waals surface area (Å²) in [5.41, 5.74) is 1.31. The maximum absolute atomic E-state index is 13.1. The van der Waals surface area contributed by atoms with Gasteiger partial charge in [-0.05, 0) is 30.7 Å². The van der Waals surface area contributed by atoms with E-state index in [0.29, 0.717) is 12.0 Å². The average molecular weight is 340 g/mol. The summed E-state index contributed by atoms with van der Waals surface area (Å²) in [6, 6.07) is 3.62. The Hall–Kier alpha value is -1.84. The number of aromatic nitrogens is 3. The lowest BCUT2D eigenvalue weighted by Gasteiger charge is -2.09. The lowest BCUT2D eigenvalue weighted by atomic mass is 10.2. The van der Waals surface area contributed by atoms with Crippen molar-refractivity contribution in [2.75, 3.05) is 6.54 Å². The maximum atomic E-state index is 13.1. The van der Waals surface area contributed by atoms with Crippen molar-refractivity contribution in [2.45, 2.75) is 18.2 Å². The number of sulfonamides is 1. The van der Waals surface area contributed by atoms with Gasteiger partial charge < -0.3 is 0 Å². The van der Waals surface area contributed by atoms with Gasteiger partial charge in [-0.1, -0.05) is 0 Å². The molecule has 2 aromatic heterocycles. The summed E-state index contributed by atoms with van der Waals surface area (Å²) in [5, 5.41) is 9.63. The number of thiazole rings is 1. The minimum atomic E-state index is -3.65. The van der Waals surface area contributed by atoms with Crippen LogP contribution in [0.2, 0.25) is 0 Å². The Labute approximate surface area is 130 Å². The number of rotatable bonds is 5. The maximum Gasteiger partial charge on any atom is 0.240 e. The minimum Gasteiger partial charge on any atom is -0.276 e. The number of nitrogens with one attached hydrogen (secondary N) is 1. The number of fused-ring (bicyclic) bond motifs is 1. The Morgan fingerprint density at radius 3 is 3.00 bits per heavy atom. The van der Waals surface area contributed by atoms with Crippen LogP contribution in [0.1, 0.15) is 11.3 Å². The lowest BCUT2D eigenvalue weighted by molar-refractivity contribution is 0.579. The van der Waals surface area contributed by atoms with Crippen molar-refractivity contribution in [1.29, 1.82) is 0 Å². The van der Waals surface area contributed by atoms with Crippen LogP contribution in [0.5, 0.6) is 0 Å². The molecular formula is C13H13FN4O2S2. The largest absolute Gasteiger partial charge is 0.276 e. The number of hydrogen-bond acceptors (Lipinski definition) is 5. The molecule has 0 atom stereocenters. The molecule has 0 spiro atoms. The molecule has 22 heavy (non-hydrogen) atoms. The van der Waals surface area contributed by atoms with Crippen LogP contribution in [-0.4, -0.2) is 29.6 Å². The second-order valence-electron chi connectivity index (χ2n) is 4.77. The standard InChI is InChI=1S/C13H13FN4O2S2/c1-9-6-10(14)2-3-12(9)22(19,20)16-5-4-11-7-21-13-17-15-8-18(11)13/h2-3,6-8,16H,4-5H2,1H3. The van der Waals surface area contributed by atoms with Gasteiger partial charge in [0.2, 0.25) is 15.0 Å². The zero-order valence-electron chi connectivity index (χ0n) is 11.7. The third kappa shape index (κ3) is 2.87. The van der Waals surface area contributed by atoms with E-state index in [1.165, 1.54) is 23.5 Å². The molecule has 0 radical (unpaired) electrons. The monoisotopic (exact) mass is 340 g/mol. The first-order valence-corrected chi connectivity index (χ1v) is 8.85. The first-order valence-electron chi connectivity index (χ1n) is 6.49. The van der Waals surface area contributed by atoms with E-state index >= 15 is 0 Å². The fraction of sp³-hybridized carbons (Fsp3) is 0.231. The van der Waals surface area contributed by atoms with Crippen LogP contribution in [0.4, 0.5) is 4.39 Å². The van der Waals surface area contributed by atoms with E-state index in [0.717, 1.165) is 16.7 Å². The molecule has 2 heterocycles. The van der Waals surface area contributed by atoms with Crippen molar-refractivity contribution in [3.8, 4) is 0 Å². The highest BCUT2D eigenvalue weighted by molar-refractivity contribution is 7.89. The van der Waals surface area contributed by atoms with Gasteiger partial charge >= 0.3 is 0 Å². The SMILES string of the molecule is Cc1cc(F)ccc1S(=O)(=O)NCCc1csc2nncn12. The van der Waals surface area contributed by atoms with Crippen molar-refractivity contribution in [3.63, 3.8) is 0 Å². The van der Waals surface area contributed by atoms with Crippen molar-refractivity contribution in [2.24, 2.45) is 0 Å². The molecule has 0 fully saturated rings. The van der Waals surface area contributed by atoms with Gasteiger partial charge in [0.1, 0.15) is 12.1 Å². The van der Waals surface area contributed by atoms with Gasteiger partial charge in [0, 0.05) is 24.0 Å². The third-order valence-corrected chi connectivity index (χ3v) is 5.73. The molecule has 6 nitrogen and oxygen atoms in total. The van der Waals surface area contributed by atoms with E-state index in [1.807, 2.05) is 9.78 Å². The molecule has 1 aromatic carbocycles. The summed E-state index contributed by atoms with van der Waals surface area (Å²) in [6.07, 6.45) is 2.11. The van der Waals surface area contributed by atoms with E-state index in [2.05, 4.69) is 14.9 Å². The Bertz CT molecular complexity index is 917. The predicted molar refractivity (Wildman–Crippen MR) is 80.9 cm³/mol. The average Bonchev–Trinajstić information content (AvgIpc) is 3.02. The summed E-state index contributed by atoms with van der Waals surface area (Å²) < 4.78 is 41.9. The zero-order valence-corrected chi connectivity index (χ0v) is 13.3. The molecule has 0 aliphatic carbocycles. The Morgan fingerprint density at radius 2 is 2.23 bits per heavy atom. The van der Waals surface area contributed by atoms with Gasteiger partial charge in [0.05, 0.1) is 4.90 Å². The molecule has 3 aromatic rings. The second-order valence-corrected chi connectivity index (χ2v) is 7.34. The molecule has 9 heteroatoms. The first-order chi connectivity index (χ1) is 10.5. The van der Waals surface area contributed by atoms with Crippen LogP contribution < -0.4 is 4.72 Å². The van der Waals surface area contributed by atoms with E-state index < -0.39 is 15.8 Å². The Kier molecular flexibility index (Phi) is 3.94. The van der Waals surface area contributed by atoms with Crippen molar-refractivity contribution < 1.29 is 12.8 Å². The van der Waals surface area contributed by atoms with Crippen LogP contribution in [0.15, 0.2) is 34.8 Å². The minimum absolute atomic E-state index is 0.0914. The van der Waals surface area contributed by atoms with E-state index in [4.69, 9.17) is 0 Å². The zero-order chi connectivity index (χ0) is 15.7. The number of nitrogens with zero attached hydrogens (tertiary/aromatic N) is 3. The van der Waals surface area contributed by atoms with Crippen molar-refractivity contribution >= 4 is 26.3 Å². The Morgan fingerprint density at radius 1 is 1.41 bits per heavy atom. The van der Waals surface area contributed by atoms with E-state index in [1.54, 1.807) is 13.3 Å². The summed E-state index contributed by atoms with van der Waals surface area (Å²) in [7, 11) is -3.65. The van der Waals surface area contributed by atoms with E-state index in [9.17, 15) is 12.8 Å². The summed E-state index contributed by atoms with van der Waals surface area (Å²) in [4.78, 5) is 0.862. The van der Waals surface area contributed by atoms with Crippen LogP contribution in [0, 0.1) is 12.7 Å². The topological polar surface area (TPSA) is 76.4 Å². The highest BCUT2D eigenvalue weighted by atomic mass is 32.2. The number of hydrogen-bond donors (Lipinski definition) is 1. The van der Waals surface area contributed by atoms with Crippen molar-refractivity contribution in [1.82, 2.24) is 19.3 Å². The van der Waals surface area contributed by atoms with Gasteiger partial charge in [-0.3, -0.25) is 4.40 Å². The third-order valence-electron chi connectivity index (χ3n) is 3.23. The van der Waals surface area contributed by atoms with Gasteiger partial charge in [-0.2, -0.15) is 0 Å². The number of benzene rings is 1. The number of aryl methyl sites for hydroxylation is 1. The second kappa shape index (κ2) is 5.75. The number of halogens is 1. The predicted octanol–water partition coefficient (Wildman–Crippen LogP) is 1.76. The smallest absolute Gasteiger partial charge is 0.240 e. The summed E-state index contributed by atoms with van der Waals surface area (Å²) in [6.45, 7) is 1.81. The fourth-order valence-electron chi connectivity index (χ4n) is 2.16. The molecule has 0 amide bonds.